The highest BCUT2D eigenvalue weighted by molar-refractivity contribution is 4.88. The predicted octanol–water partition coefficient (Wildman–Crippen LogP) is 2.11. The van der Waals surface area contributed by atoms with Crippen molar-refractivity contribution in [3.63, 3.8) is 0 Å². The van der Waals surface area contributed by atoms with Gasteiger partial charge < -0.3 is 10.2 Å². The Hall–Kier alpha value is -0.0800. The quantitative estimate of drug-likeness (QED) is 0.728. The third kappa shape index (κ3) is 3.58. The minimum Gasteiger partial charge on any atom is -0.314 e. The van der Waals surface area contributed by atoms with Crippen molar-refractivity contribution in [3.05, 3.63) is 0 Å². The fraction of sp³-hybridized carbons (Fsp3) is 1.00. The predicted molar refractivity (Wildman–Crippen MR) is 62.6 cm³/mol. The van der Waals surface area contributed by atoms with Gasteiger partial charge in [0.15, 0.2) is 0 Å². The lowest BCUT2D eigenvalue weighted by Crippen LogP contribution is -2.42. The molecular weight excluding hydrogens is 172 g/mol. The molecule has 0 atom stereocenters. The van der Waals surface area contributed by atoms with Crippen LogP contribution in [0.5, 0.6) is 0 Å². The molecule has 0 saturated heterocycles. The van der Waals surface area contributed by atoms with E-state index in [9.17, 15) is 0 Å². The Morgan fingerprint density at radius 3 is 2.21 bits per heavy atom. The van der Waals surface area contributed by atoms with Crippen molar-refractivity contribution in [2.24, 2.45) is 5.41 Å². The molecule has 84 valence electrons. The summed E-state index contributed by atoms with van der Waals surface area (Å²) in [5, 5.41) is 3.61. The molecular formula is C12H26N2. The molecule has 0 aliphatic heterocycles. The third-order valence-corrected chi connectivity index (χ3v) is 3.20. The van der Waals surface area contributed by atoms with Crippen molar-refractivity contribution < 1.29 is 0 Å². The zero-order chi connectivity index (χ0) is 10.6. The van der Waals surface area contributed by atoms with E-state index >= 15 is 0 Å². The smallest absolute Gasteiger partial charge is 0.00440 e. The van der Waals surface area contributed by atoms with Gasteiger partial charge in [-0.25, -0.2) is 0 Å². The average Bonchev–Trinajstić information content (AvgIpc) is 2.49. The maximum Gasteiger partial charge on any atom is 0.00440 e. The van der Waals surface area contributed by atoms with Crippen molar-refractivity contribution in [1.82, 2.24) is 10.2 Å². The first-order valence-electron chi connectivity index (χ1n) is 5.92. The maximum atomic E-state index is 3.61. The van der Waals surface area contributed by atoms with Crippen LogP contribution in [0.3, 0.4) is 0 Å². The molecule has 0 aromatic heterocycles. The van der Waals surface area contributed by atoms with Gasteiger partial charge in [0.2, 0.25) is 0 Å². The molecule has 0 aromatic carbocycles. The molecule has 0 spiro atoms. The highest BCUT2D eigenvalue weighted by Crippen LogP contribution is 2.37. The van der Waals surface area contributed by atoms with Gasteiger partial charge in [0.05, 0.1) is 0 Å². The Balaban J connectivity index is 2.44. The molecule has 0 radical (unpaired) electrons. The topological polar surface area (TPSA) is 15.3 Å². The maximum absolute atomic E-state index is 3.61. The summed E-state index contributed by atoms with van der Waals surface area (Å²) >= 11 is 0. The van der Waals surface area contributed by atoms with E-state index in [1.807, 2.05) is 0 Å². The first-order chi connectivity index (χ1) is 6.54. The molecule has 2 heteroatoms. The summed E-state index contributed by atoms with van der Waals surface area (Å²) in [6, 6.07) is 0.620. The van der Waals surface area contributed by atoms with E-state index in [4.69, 9.17) is 0 Å². The lowest BCUT2D eigenvalue weighted by molar-refractivity contribution is 0.190. The molecule has 0 heterocycles. The van der Waals surface area contributed by atoms with Gasteiger partial charge in [-0.1, -0.05) is 26.7 Å². The van der Waals surface area contributed by atoms with Crippen LogP contribution >= 0.6 is 0 Å². The van der Waals surface area contributed by atoms with Crippen LogP contribution in [-0.4, -0.2) is 38.1 Å². The summed E-state index contributed by atoms with van der Waals surface area (Å²) in [4.78, 5) is 2.34. The Bertz CT molecular complexity index is 158. The van der Waals surface area contributed by atoms with Gasteiger partial charge in [-0.2, -0.15) is 0 Å². The SMILES string of the molecule is CC(C)NCC1(CN(C)C)CCCC1. The van der Waals surface area contributed by atoms with Crippen molar-refractivity contribution in [1.29, 1.82) is 0 Å². The number of nitrogens with zero attached hydrogens (tertiary/aromatic N) is 1. The van der Waals surface area contributed by atoms with Crippen molar-refractivity contribution >= 4 is 0 Å². The van der Waals surface area contributed by atoms with Gasteiger partial charge in [0.1, 0.15) is 0 Å². The van der Waals surface area contributed by atoms with Gasteiger partial charge in [0.25, 0.3) is 0 Å². The zero-order valence-corrected chi connectivity index (χ0v) is 10.3. The molecule has 0 unspecified atom stereocenters. The Morgan fingerprint density at radius 1 is 1.21 bits per heavy atom. The van der Waals surface area contributed by atoms with Crippen LogP contribution in [-0.2, 0) is 0 Å². The van der Waals surface area contributed by atoms with Crippen molar-refractivity contribution in [3.8, 4) is 0 Å². The van der Waals surface area contributed by atoms with Gasteiger partial charge in [-0.3, -0.25) is 0 Å². The van der Waals surface area contributed by atoms with Crippen LogP contribution < -0.4 is 5.32 Å². The van der Waals surface area contributed by atoms with E-state index in [0.717, 1.165) is 0 Å². The second kappa shape index (κ2) is 5.13. The molecule has 1 rings (SSSR count). The molecule has 14 heavy (non-hydrogen) atoms. The number of rotatable bonds is 5. The fourth-order valence-electron chi connectivity index (χ4n) is 2.61. The van der Waals surface area contributed by atoms with Gasteiger partial charge >= 0.3 is 0 Å². The van der Waals surface area contributed by atoms with Crippen LogP contribution in [0.2, 0.25) is 0 Å². The summed E-state index contributed by atoms with van der Waals surface area (Å²) < 4.78 is 0. The minimum atomic E-state index is 0.563. The zero-order valence-electron chi connectivity index (χ0n) is 10.3. The Morgan fingerprint density at radius 2 is 1.79 bits per heavy atom. The highest BCUT2D eigenvalue weighted by Gasteiger charge is 2.33. The largest absolute Gasteiger partial charge is 0.314 e. The molecule has 1 N–H and O–H groups in total. The van der Waals surface area contributed by atoms with Crippen LogP contribution in [0.15, 0.2) is 0 Å². The van der Waals surface area contributed by atoms with Crippen LogP contribution in [0.4, 0.5) is 0 Å². The van der Waals surface area contributed by atoms with Gasteiger partial charge in [0, 0.05) is 19.1 Å². The van der Waals surface area contributed by atoms with Crippen LogP contribution in [0.1, 0.15) is 39.5 Å². The minimum absolute atomic E-state index is 0.563. The molecule has 0 aromatic rings. The van der Waals surface area contributed by atoms with Crippen molar-refractivity contribution in [2.45, 2.75) is 45.6 Å². The summed E-state index contributed by atoms with van der Waals surface area (Å²) in [5.41, 5.74) is 0.563. The van der Waals surface area contributed by atoms with E-state index in [2.05, 4.69) is 38.2 Å². The van der Waals surface area contributed by atoms with E-state index in [1.54, 1.807) is 0 Å². The van der Waals surface area contributed by atoms with E-state index in [1.165, 1.54) is 38.8 Å². The molecule has 0 bridgehead atoms. The molecule has 1 aliphatic carbocycles. The number of hydrogen-bond acceptors (Lipinski definition) is 2. The van der Waals surface area contributed by atoms with E-state index < -0.39 is 0 Å². The standard InChI is InChI=1S/C12H26N2/c1-11(2)13-9-12(10-14(3)4)7-5-6-8-12/h11,13H,5-10H2,1-4H3. The van der Waals surface area contributed by atoms with Crippen molar-refractivity contribution in [2.75, 3.05) is 27.2 Å². The lowest BCUT2D eigenvalue weighted by Gasteiger charge is -2.33. The van der Waals surface area contributed by atoms with Crippen LogP contribution in [0, 0.1) is 5.41 Å². The summed E-state index contributed by atoms with van der Waals surface area (Å²) in [7, 11) is 4.38. The third-order valence-electron chi connectivity index (χ3n) is 3.20. The Labute approximate surface area is 89.1 Å². The monoisotopic (exact) mass is 198 g/mol. The summed E-state index contributed by atoms with van der Waals surface area (Å²) in [5.74, 6) is 0. The Kier molecular flexibility index (Phi) is 4.39. The molecule has 1 aliphatic rings. The lowest BCUT2D eigenvalue weighted by atomic mass is 9.85. The first kappa shape index (κ1) is 12.0. The summed E-state index contributed by atoms with van der Waals surface area (Å²) in [6.45, 7) is 6.91. The molecule has 0 amide bonds. The molecule has 2 nitrogen and oxygen atoms in total. The molecule has 1 saturated carbocycles. The highest BCUT2D eigenvalue weighted by atomic mass is 15.1. The number of nitrogens with one attached hydrogen (secondary N) is 1. The second-order valence-corrected chi connectivity index (χ2v) is 5.48. The molecule has 1 fully saturated rings. The normalized spacial score (nSPS) is 21.0. The van der Waals surface area contributed by atoms with E-state index in [0.29, 0.717) is 11.5 Å². The fourth-order valence-corrected chi connectivity index (χ4v) is 2.61. The van der Waals surface area contributed by atoms with E-state index in [-0.39, 0.29) is 0 Å². The van der Waals surface area contributed by atoms with Crippen LogP contribution in [0.25, 0.3) is 0 Å². The number of hydrogen-bond donors (Lipinski definition) is 1. The van der Waals surface area contributed by atoms with Gasteiger partial charge in [-0.15, -0.1) is 0 Å². The first-order valence-corrected chi connectivity index (χ1v) is 5.92. The second-order valence-electron chi connectivity index (χ2n) is 5.48. The van der Waals surface area contributed by atoms with Gasteiger partial charge in [-0.05, 0) is 32.4 Å². The summed E-state index contributed by atoms with van der Waals surface area (Å²) in [6.07, 6.45) is 5.66. The average molecular weight is 198 g/mol.